The third-order valence-corrected chi connectivity index (χ3v) is 1.95. The minimum absolute atomic E-state index is 0.519. The SMILES string of the molecule is CC(O)(c1ccccc1F)C(F)(F)F. The molecule has 0 aromatic heterocycles. The van der Waals surface area contributed by atoms with Crippen LogP contribution in [0.4, 0.5) is 17.6 Å². The Balaban J connectivity index is 3.23. The Morgan fingerprint density at radius 2 is 1.64 bits per heavy atom. The van der Waals surface area contributed by atoms with E-state index in [-0.39, 0.29) is 0 Å². The predicted molar refractivity (Wildman–Crippen MR) is 42.0 cm³/mol. The Morgan fingerprint density at radius 1 is 1.14 bits per heavy atom. The Kier molecular flexibility index (Phi) is 2.54. The van der Waals surface area contributed by atoms with Gasteiger partial charge in [-0.1, -0.05) is 18.2 Å². The summed E-state index contributed by atoms with van der Waals surface area (Å²) in [7, 11) is 0. The molecule has 1 atom stereocenters. The van der Waals surface area contributed by atoms with Gasteiger partial charge in [0.2, 0.25) is 0 Å². The fourth-order valence-corrected chi connectivity index (χ4v) is 1.01. The summed E-state index contributed by atoms with van der Waals surface area (Å²) in [5.41, 5.74) is -3.93. The van der Waals surface area contributed by atoms with Crippen LogP contribution in [0, 0.1) is 5.82 Å². The van der Waals surface area contributed by atoms with Crippen LogP contribution in [0.1, 0.15) is 12.5 Å². The molecule has 1 aromatic rings. The van der Waals surface area contributed by atoms with Gasteiger partial charge in [-0.25, -0.2) is 4.39 Å². The van der Waals surface area contributed by atoms with Crippen molar-refractivity contribution in [2.24, 2.45) is 0 Å². The van der Waals surface area contributed by atoms with Crippen LogP contribution in [0.25, 0.3) is 0 Å². The number of halogens is 4. The van der Waals surface area contributed by atoms with Crippen LogP contribution in [0.5, 0.6) is 0 Å². The van der Waals surface area contributed by atoms with E-state index in [1.165, 1.54) is 12.1 Å². The van der Waals surface area contributed by atoms with Crippen molar-refractivity contribution in [3.63, 3.8) is 0 Å². The van der Waals surface area contributed by atoms with Gasteiger partial charge in [-0.15, -0.1) is 0 Å². The number of benzene rings is 1. The lowest BCUT2D eigenvalue weighted by Gasteiger charge is -2.26. The van der Waals surface area contributed by atoms with E-state index in [1.807, 2.05) is 0 Å². The van der Waals surface area contributed by atoms with Crippen LogP contribution < -0.4 is 0 Å². The average molecular weight is 208 g/mol. The van der Waals surface area contributed by atoms with E-state index >= 15 is 0 Å². The average Bonchev–Trinajstić information content (AvgIpc) is 2.02. The van der Waals surface area contributed by atoms with Gasteiger partial charge in [0.15, 0.2) is 5.60 Å². The van der Waals surface area contributed by atoms with Crippen molar-refractivity contribution in [1.29, 1.82) is 0 Å². The van der Waals surface area contributed by atoms with Crippen molar-refractivity contribution >= 4 is 0 Å². The molecule has 0 bridgehead atoms. The zero-order valence-corrected chi connectivity index (χ0v) is 7.27. The fraction of sp³-hybridized carbons (Fsp3) is 0.333. The Hall–Kier alpha value is -1.10. The van der Waals surface area contributed by atoms with Gasteiger partial charge in [-0.2, -0.15) is 13.2 Å². The van der Waals surface area contributed by atoms with Gasteiger partial charge in [-0.05, 0) is 13.0 Å². The largest absolute Gasteiger partial charge is 0.421 e. The van der Waals surface area contributed by atoms with Crippen molar-refractivity contribution in [1.82, 2.24) is 0 Å². The lowest BCUT2D eigenvalue weighted by atomic mass is 9.95. The maximum Gasteiger partial charge on any atom is 0.421 e. The smallest absolute Gasteiger partial charge is 0.376 e. The molecule has 1 aromatic carbocycles. The Labute approximate surface area is 78.0 Å². The van der Waals surface area contributed by atoms with Crippen LogP contribution in [0.2, 0.25) is 0 Å². The van der Waals surface area contributed by atoms with Gasteiger partial charge in [-0.3, -0.25) is 0 Å². The Bertz CT molecular complexity index is 330. The third-order valence-electron chi connectivity index (χ3n) is 1.95. The summed E-state index contributed by atoms with van der Waals surface area (Å²) in [5.74, 6) is -1.07. The van der Waals surface area contributed by atoms with E-state index in [2.05, 4.69) is 0 Å². The molecule has 0 aliphatic heterocycles. The fourth-order valence-electron chi connectivity index (χ4n) is 1.01. The number of hydrogen-bond donors (Lipinski definition) is 1. The minimum Gasteiger partial charge on any atom is -0.376 e. The molecule has 1 N–H and O–H groups in total. The highest BCUT2D eigenvalue weighted by Crippen LogP contribution is 2.39. The maximum atomic E-state index is 13.0. The maximum absolute atomic E-state index is 13.0. The molecule has 14 heavy (non-hydrogen) atoms. The second-order valence-electron chi connectivity index (χ2n) is 3.05. The zero-order chi connectivity index (χ0) is 11.0. The Morgan fingerprint density at radius 3 is 2.07 bits per heavy atom. The highest BCUT2D eigenvalue weighted by atomic mass is 19.4. The number of hydrogen-bond acceptors (Lipinski definition) is 1. The molecule has 78 valence electrons. The molecule has 5 heteroatoms. The van der Waals surface area contributed by atoms with E-state index in [9.17, 15) is 17.6 Å². The lowest BCUT2D eigenvalue weighted by molar-refractivity contribution is -0.259. The number of aliphatic hydroxyl groups is 1. The number of rotatable bonds is 1. The topological polar surface area (TPSA) is 20.2 Å². The van der Waals surface area contributed by atoms with Gasteiger partial charge in [0.1, 0.15) is 5.82 Å². The van der Waals surface area contributed by atoms with Crippen molar-refractivity contribution in [3.8, 4) is 0 Å². The minimum atomic E-state index is -4.89. The molecule has 0 amide bonds. The van der Waals surface area contributed by atoms with Crippen molar-refractivity contribution in [2.45, 2.75) is 18.7 Å². The van der Waals surface area contributed by atoms with Crippen LogP contribution in [-0.4, -0.2) is 11.3 Å². The van der Waals surface area contributed by atoms with Gasteiger partial charge < -0.3 is 5.11 Å². The highest BCUT2D eigenvalue weighted by Gasteiger charge is 2.52. The molecule has 1 nitrogen and oxygen atoms in total. The number of alkyl halides is 3. The van der Waals surface area contributed by atoms with Gasteiger partial charge in [0, 0.05) is 5.56 Å². The summed E-state index contributed by atoms with van der Waals surface area (Å²) in [4.78, 5) is 0. The van der Waals surface area contributed by atoms with Crippen molar-refractivity contribution in [2.75, 3.05) is 0 Å². The first-order chi connectivity index (χ1) is 6.27. The van der Waals surface area contributed by atoms with Crippen LogP contribution in [0.3, 0.4) is 0 Å². The lowest BCUT2D eigenvalue weighted by Crippen LogP contribution is -2.39. The summed E-state index contributed by atoms with van der Waals surface area (Å²) in [6.07, 6.45) is -4.89. The van der Waals surface area contributed by atoms with Gasteiger partial charge >= 0.3 is 6.18 Å². The summed E-state index contributed by atoms with van der Waals surface area (Å²) in [6.45, 7) is 0.519. The zero-order valence-electron chi connectivity index (χ0n) is 7.27. The monoisotopic (exact) mass is 208 g/mol. The van der Waals surface area contributed by atoms with Crippen LogP contribution in [-0.2, 0) is 5.60 Å². The molecule has 0 saturated heterocycles. The van der Waals surface area contributed by atoms with E-state index in [4.69, 9.17) is 5.11 Å². The highest BCUT2D eigenvalue weighted by molar-refractivity contribution is 5.25. The van der Waals surface area contributed by atoms with Crippen LogP contribution >= 0.6 is 0 Å². The molecule has 0 aliphatic carbocycles. The molecule has 0 saturated carbocycles. The second-order valence-corrected chi connectivity index (χ2v) is 3.05. The molecular formula is C9H8F4O. The third kappa shape index (κ3) is 1.72. The second kappa shape index (κ2) is 3.24. The molecule has 0 radical (unpaired) electrons. The predicted octanol–water partition coefficient (Wildman–Crippen LogP) is 2.60. The van der Waals surface area contributed by atoms with E-state index in [1.54, 1.807) is 0 Å². The van der Waals surface area contributed by atoms with E-state index in [0.29, 0.717) is 6.92 Å². The standard InChI is InChI=1S/C9H8F4O/c1-8(14,9(11,12)13)6-4-2-3-5-7(6)10/h2-5,14H,1H3. The van der Waals surface area contributed by atoms with Crippen molar-refractivity contribution < 1.29 is 22.7 Å². The molecule has 0 aliphatic rings. The molecular weight excluding hydrogens is 200 g/mol. The van der Waals surface area contributed by atoms with E-state index < -0.39 is 23.2 Å². The van der Waals surface area contributed by atoms with Gasteiger partial charge in [0.25, 0.3) is 0 Å². The molecule has 0 heterocycles. The first-order valence-electron chi connectivity index (χ1n) is 3.81. The molecule has 0 spiro atoms. The first kappa shape index (κ1) is 11.0. The first-order valence-corrected chi connectivity index (χ1v) is 3.81. The van der Waals surface area contributed by atoms with Gasteiger partial charge in [0.05, 0.1) is 0 Å². The molecule has 1 rings (SSSR count). The summed E-state index contributed by atoms with van der Waals surface area (Å²) in [6, 6.07) is 4.27. The summed E-state index contributed by atoms with van der Waals surface area (Å²) >= 11 is 0. The van der Waals surface area contributed by atoms with Crippen LogP contribution in [0.15, 0.2) is 24.3 Å². The normalized spacial score (nSPS) is 16.4. The molecule has 0 fully saturated rings. The summed E-state index contributed by atoms with van der Waals surface area (Å²) < 4.78 is 49.8. The van der Waals surface area contributed by atoms with E-state index in [0.717, 1.165) is 12.1 Å². The van der Waals surface area contributed by atoms with Crippen molar-refractivity contribution in [3.05, 3.63) is 35.6 Å². The summed E-state index contributed by atoms with van der Waals surface area (Å²) in [5, 5.41) is 9.14. The quantitative estimate of drug-likeness (QED) is 0.703. The molecule has 1 unspecified atom stereocenters.